The average molecular weight is 417 g/mol. The van der Waals surface area contributed by atoms with E-state index in [2.05, 4.69) is 28.2 Å². The maximum atomic E-state index is 12.1. The molecule has 0 aliphatic rings. The summed E-state index contributed by atoms with van der Waals surface area (Å²) in [4.78, 5) is 11.9. The van der Waals surface area contributed by atoms with Crippen molar-refractivity contribution in [3.05, 3.63) is 27.2 Å². The zero-order valence-corrected chi connectivity index (χ0v) is 15.5. The fourth-order valence-electron chi connectivity index (χ4n) is 1.76. The highest BCUT2D eigenvalue weighted by Crippen LogP contribution is 2.33. The molecule has 0 saturated heterocycles. The van der Waals surface area contributed by atoms with Crippen molar-refractivity contribution >= 4 is 53.2 Å². The molecule has 1 amide bonds. The van der Waals surface area contributed by atoms with Crippen molar-refractivity contribution < 1.29 is 13.2 Å². The number of amides is 1. The molecule has 0 radical (unpaired) electrons. The molecule has 21 heavy (non-hydrogen) atoms. The minimum Gasteiger partial charge on any atom is -0.350 e. The summed E-state index contributed by atoms with van der Waals surface area (Å²) < 4.78 is 23.1. The molecule has 0 fully saturated rings. The van der Waals surface area contributed by atoms with Gasteiger partial charge in [0.15, 0.2) is 0 Å². The third-order valence-electron chi connectivity index (χ3n) is 2.89. The van der Waals surface area contributed by atoms with Crippen molar-refractivity contribution in [2.24, 2.45) is 0 Å². The highest BCUT2D eigenvalue weighted by Gasteiger charge is 2.21. The molecule has 1 aromatic rings. The van der Waals surface area contributed by atoms with Crippen molar-refractivity contribution in [3.63, 3.8) is 0 Å². The molecule has 1 atom stereocenters. The maximum absolute atomic E-state index is 12.1. The second kappa shape index (κ2) is 7.81. The number of halogens is 3. The second-order valence-corrected chi connectivity index (χ2v) is 8.46. The second-order valence-electron chi connectivity index (χ2n) is 4.72. The van der Waals surface area contributed by atoms with Crippen molar-refractivity contribution in [2.45, 2.75) is 44.0 Å². The first-order chi connectivity index (χ1) is 9.66. The summed E-state index contributed by atoms with van der Waals surface area (Å²) in [5.41, 5.74) is 0.158. The Balaban J connectivity index is 3.04. The molecule has 1 unspecified atom stereocenters. The van der Waals surface area contributed by atoms with E-state index in [0.29, 0.717) is 0 Å². The first-order valence-electron chi connectivity index (χ1n) is 6.41. The van der Waals surface area contributed by atoms with Crippen molar-refractivity contribution in [1.29, 1.82) is 0 Å². The molecular weight excluding hydrogens is 401 g/mol. The molecule has 0 aliphatic heterocycles. The Hall–Kier alpha value is -0.300. The van der Waals surface area contributed by atoms with Gasteiger partial charge in [-0.05, 0) is 41.4 Å². The van der Waals surface area contributed by atoms with Crippen LogP contribution < -0.4 is 5.32 Å². The largest absolute Gasteiger partial charge is 0.350 e. The van der Waals surface area contributed by atoms with Gasteiger partial charge < -0.3 is 5.32 Å². The molecule has 0 spiro atoms. The number of benzene rings is 1. The number of carbonyl (C=O) groups is 1. The normalized spacial score (nSPS) is 13.0. The number of rotatable bonds is 6. The standard InChI is InChI=1S/C13H16BrCl2NO3S/c1-3-4-5-8(2)17-13(18)9-6-10(15)12(14)11(7-9)21(16,19)20/h6-8H,3-5H2,1-2H3,(H,17,18). The Kier molecular flexibility index (Phi) is 6.97. The lowest BCUT2D eigenvalue weighted by Gasteiger charge is -2.14. The number of hydrogen-bond acceptors (Lipinski definition) is 3. The molecule has 1 rings (SSSR count). The van der Waals surface area contributed by atoms with Gasteiger partial charge >= 0.3 is 0 Å². The van der Waals surface area contributed by atoms with Gasteiger partial charge in [-0.1, -0.05) is 31.4 Å². The molecular formula is C13H16BrCl2NO3S. The molecule has 8 heteroatoms. The van der Waals surface area contributed by atoms with Gasteiger partial charge in [0.05, 0.1) is 14.4 Å². The van der Waals surface area contributed by atoms with Gasteiger partial charge in [0.1, 0.15) is 0 Å². The van der Waals surface area contributed by atoms with Crippen molar-refractivity contribution in [1.82, 2.24) is 5.32 Å². The lowest BCUT2D eigenvalue weighted by Crippen LogP contribution is -2.32. The minimum absolute atomic E-state index is 0.00377. The lowest BCUT2D eigenvalue weighted by atomic mass is 10.1. The third kappa shape index (κ3) is 5.43. The third-order valence-corrected chi connectivity index (χ3v) is 5.88. The van der Waals surface area contributed by atoms with Crippen LogP contribution in [0.25, 0.3) is 0 Å². The summed E-state index contributed by atoms with van der Waals surface area (Å²) >= 11 is 9.00. The lowest BCUT2D eigenvalue weighted by molar-refractivity contribution is 0.0937. The Morgan fingerprint density at radius 1 is 1.43 bits per heavy atom. The van der Waals surface area contributed by atoms with Crippen LogP contribution in [0.2, 0.25) is 5.02 Å². The quantitative estimate of drug-likeness (QED) is 0.701. The van der Waals surface area contributed by atoms with E-state index in [4.69, 9.17) is 22.3 Å². The van der Waals surface area contributed by atoms with E-state index in [-0.39, 0.29) is 31.9 Å². The number of unbranched alkanes of at least 4 members (excludes halogenated alkanes) is 1. The fraction of sp³-hybridized carbons (Fsp3) is 0.462. The molecule has 0 bridgehead atoms. The molecule has 4 nitrogen and oxygen atoms in total. The zero-order chi connectivity index (χ0) is 16.2. The SMILES string of the molecule is CCCCC(C)NC(=O)c1cc(Cl)c(Br)c(S(=O)(=O)Cl)c1. The van der Waals surface area contributed by atoms with Crippen LogP contribution in [0.1, 0.15) is 43.5 Å². The fourth-order valence-corrected chi connectivity index (χ4v) is 4.14. The maximum Gasteiger partial charge on any atom is 0.262 e. The van der Waals surface area contributed by atoms with Crippen molar-refractivity contribution in [2.75, 3.05) is 0 Å². The van der Waals surface area contributed by atoms with Gasteiger partial charge in [-0.15, -0.1) is 0 Å². The van der Waals surface area contributed by atoms with E-state index < -0.39 is 9.05 Å². The molecule has 1 N–H and O–H groups in total. The van der Waals surface area contributed by atoms with E-state index in [1.807, 2.05) is 6.92 Å². The average Bonchev–Trinajstić information content (AvgIpc) is 2.37. The molecule has 0 heterocycles. The van der Waals surface area contributed by atoms with E-state index >= 15 is 0 Å². The summed E-state index contributed by atoms with van der Waals surface area (Å²) in [7, 11) is 1.34. The van der Waals surface area contributed by atoms with Crippen LogP contribution in [-0.4, -0.2) is 20.4 Å². The van der Waals surface area contributed by atoms with E-state index in [1.165, 1.54) is 12.1 Å². The van der Waals surface area contributed by atoms with Gasteiger partial charge in [-0.2, -0.15) is 0 Å². The molecule has 118 valence electrons. The summed E-state index contributed by atoms with van der Waals surface area (Å²) in [5.74, 6) is -0.380. The Morgan fingerprint density at radius 3 is 2.57 bits per heavy atom. The van der Waals surface area contributed by atoms with Gasteiger partial charge in [-0.3, -0.25) is 4.79 Å². The Morgan fingerprint density at radius 2 is 2.05 bits per heavy atom. The van der Waals surface area contributed by atoms with Crippen LogP contribution in [-0.2, 0) is 9.05 Å². The van der Waals surface area contributed by atoms with Crippen LogP contribution >= 0.6 is 38.2 Å². The molecule has 0 saturated carbocycles. The Bertz CT molecular complexity index is 635. The van der Waals surface area contributed by atoms with Crippen LogP contribution in [0.5, 0.6) is 0 Å². The predicted molar refractivity (Wildman–Crippen MR) is 88.6 cm³/mol. The minimum atomic E-state index is -3.99. The van der Waals surface area contributed by atoms with Gasteiger partial charge in [0.2, 0.25) is 0 Å². The number of carbonyl (C=O) groups excluding carboxylic acids is 1. The highest BCUT2D eigenvalue weighted by molar-refractivity contribution is 9.10. The molecule has 0 aromatic heterocycles. The monoisotopic (exact) mass is 415 g/mol. The number of nitrogens with one attached hydrogen (secondary N) is 1. The topological polar surface area (TPSA) is 63.2 Å². The smallest absolute Gasteiger partial charge is 0.262 e. The summed E-state index contributed by atoms with van der Waals surface area (Å²) in [6.45, 7) is 3.97. The Labute approximate surface area is 142 Å². The summed E-state index contributed by atoms with van der Waals surface area (Å²) in [6, 6.07) is 2.61. The predicted octanol–water partition coefficient (Wildman–Crippen LogP) is 4.34. The zero-order valence-electron chi connectivity index (χ0n) is 11.6. The van der Waals surface area contributed by atoms with Gasteiger partial charge in [0, 0.05) is 22.3 Å². The van der Waals surface area contributed by atoms with Gasteiger partial charge in [-0.25, -0.2) is 8.42 Å². The van der Waals surface area contributed by atoms with Gasteiger partial charge in [0.25, 0.3) is 15.0 Å². The van der Waals surface area contributed by atoms with E-state index in [9.17, 15) is 13.2 Å². The van der Waals surface area contributed by atoms with E-state index in [0.717, 1.165) is 19.3 Å². The van der Waals surface area contributed by atoms with Crippen LogP contribution in [0.15, 0.2) is 21.5 Å². The first kappa shape index (κ1) is 18.7. The van der Waals surface area contributed by atoms with Crippen LogP contribution in [0, 0.1) is 0 Å². The van der Waals surface area contributed by atoms with E-state index in [1.54, 1.807) is 0 Å². The molecule has 1 aromatic carbocycles. The molecule has 0 aliphatic carbocycles. The number of hydrogen-bond donors (Lipinski definition) is 1. The first-order valence-corrected chi connectivity index (χ1v) is 9.89. The van der Waals surface area contributed by atoms with Crippen LogP contribution in [0.4, 0.5) is 0 Å². The highest BCUT2D eigenvalue weighted by atomic mass is 79.9. The summed E-state index contributed by atoms with van der Waals surface area (Å²) in [6.07, 6.45) is 2.90. The van der Waals surface area contributed by atoms with Crippen LogP contribution in [0.3, 0.4) is 0 Å². The van der Waals surface area contributed by atoms with Crippen molar-refractivity contribution in [3.8, 4) is 0 Å². The summed E-state index contributed by atoms with van der Waals surface area (Å²) in [5, 5.41) is 2.92.